The van der Waals surface area contributed by atoms with Gasteiger partial charge < -0.3 is 4.57 Å². The number of fused-ring (bicyclic) bond motifs is 1. The molecule has 0 atom stereocenters. The van der Waals surface area contributed by atoms with E-state index in [2.05, 4.69) is 37.6 Å². The number of imidazole rings is 1. The van der Waals surface area contributed by atoms with E-state index in [0.717, 1.165) is 15.8 Å². The molecule has 0 saturated carbocycles. The van der Waals surface area contributed by atoms with Crippen LogP contribution in [-0.2, 0) is 5.88 Å². The molecule has 0 aliphatic carbocycles. The molecule has 96 valence electrons. The Hall–Kier alpha value is -0.190. The van der Waals surface area contributed by atoms with E-state index in [9.17, 15) is 0 Å². The molecule has 0 amide bonds. The molecule has 1 aromatic carbocycles. The maximum Gasteiger partial charge on any atom is 0.125 e. The fraction of sp³-hybridized carbons (Fsp3) is 0.462. The van der Waals surface area contributed by atoms with Crippen LogP contribution in [0.25, 0.3) is 11.0 Å². The van der Waals surface area contributed by atoms with Crippen molar-refractivity contribution < 1.29 is 0 Å². The highest BCUT2D eigenvalue weighted by molar-refractivity contribution is 9.10. The molecule has 1 aromatic heterocycles. The van der Waals surface area contributed by atoms with Crippen LogP contribution < -0.4 is 0 Å². The zero-order valence-electron chi connectivity index (χ0n) is 9.90. The predicted molar refractivity (Wildman–Crippen MR) is 82.6 cm³/mol. The van der Waals surface area contributed by atoms with E-state index < -0.39 is 0 Å². The highest BCUT2D eigenvalue weighted by atomic mass is 79.9. The average Bonchev–Trinajstić information content (AvgIpc) is 2.77. The number of aromatic nitrogens is 2. The van der Waals surface area contributed by atoms with Gasteiger partial charge in [-0.05, 0) is 42.5 Å². The van der Waals surface area contributed by atoms with Crippen LogP contribution in [0.5, 0.6) is 0 Å². The molecular weight excluding hydrogens is 332 g/mol. The molecule has 0 N–H and O–H groups in total. The summed E-state index contributed by atoms with van der Waals surface area (Å²) < 4.78 is 3.45. The number of alkyl halides is 1. The molecule has 0 unspecified atom stereocenters. The standard InChI is InChI=1S/C13H14BrClN2S/c14-9-1-2-11-12(7-9)17(13(8-15)16-11)10-3-5-18-6-4-10/h1-2,7,10H,3-6,8H2. The lowest BCUT2D eigenvalue weighted by molar-refractivity contribution is 0.470. The van der Waals surface area contributed by atoms with Crippen molar-refractivity contribution in [1.29, 1.82) is 0 Å². The second kappa shape index (κ2) is 5.43. The maximum absolute atomic E-state index is 6.06. The number of hydrogen-bond acceptors (Lipinski definition) is 2. The second-order valence-corrected chi connectivity index (χ2v) is 6.92. The Balaban J connectivity index is 2.14. The molecule has 1 saturated heterocycles. The minimum atomic E-state index is 0.482. The maximum atomic E-state index is 6.06. The largest absolute Gasteiger partial charge is 0.324 e. The van der Waals surface area contributed by atoms with E-state index >= 15 is 0 Å². The SMILES string of the molecule is ClCc1nc2ccc(Br)cc2n1C1CCSCC1. The molecule has 3 rings (SSSR count). The third-order valence-corrected chi connectivity index (χ3v) is 5.18. The highest BCUT2D eigenvalue weighted by Gasteiger charge is 2.21. The molecule has 2 heterocycles. The first-order valence-electron chi connectivity index (χ1n) is 6.09. The van der Waals surface area contributed by atoms with Gasteiger partial charge in [-0.25, -0.2) is 4.98 Å². The van der Waals surface area contributed by atoms with Crippen LogP contribution in [0.4, 0.5) is 0 Å². The van der Waals surface area contributed by atoms with Gasteiger partial charge in [0.25, 0.3) is 0 Å². The summed E-state index contributed by atoms with van der Waals surface area (Å²) in [4.78, 5) is 4.65. The molecule has 0 bridgehead atoms. The number of rotatable bonds is 2. The second-order valence-electron chi connectivity index (χ2n) is 4.51. The van der Waals surface area contributed by atoms with Crippen molar-refractivity contribution in [3.05, 3.63) is 28.5 Å². The van der Waals surface area contributed by atoms with Crippen molar-refractivity contribution >= 4 is 50.3 Å². The molecule has 18 heavy (non-hydrogen) atoms. The smallest absolute Gasteiger partial charge is 0.125 e. The fourth-order valence-electron chi connectivity index (χ4n) is 2.56. The molecule has 1 aliphatic heterocycles. The van der Waals surface area contributed by atoms with Gasteiger partial charge in [0.2, 0.25) is 0 Å². The summed E-state index contributed by atoms with van der Waals surface area (Å²) in [6.07, 6.45) is 2.43. The Labute approximate surface area is 124 Å². The Morgan fingerprint density at radius 3 is 2.89 bits per heavy atom. The first-order chi connectivity index (χ1) is 8.79. The lowest BCUT2D eigenvalue weighted by Gasteiger charge is -2.25. The van der Waals surface area contributed by atoms with Gasteiger partial charge in [0, 0.05) is 10.5 Å². The molecule has 0 spiro atoms. The van der Waals surface area contributed by atoms with Gasteiger partial charge in [0.15, 0.2) is 0 Å². The summed E-state index contributed by atoms with van der Waals surface area (Å²) in [5, 5.41) is 0. The summed E-state index contributed by atoms with van der Waals surface area (Å²) in [5.41, 5.74) is 2.25. The average molecular weight is 346 g/mol. The van der Waals surface area contributed by atoms with E-state index in [1.807, 2.05) is 17.8 Å². The quantitative estimate of drug-likeness (QED) is 0.740. The zero-order valence-corrected chi connectivity index (χ0v) is 13.1. The minimum absolute atomic E-state index is 0.482. The van der Waals surface area contributed by atoms with Crippen LogP contribution in [0.15, 0.2) is 22.7 Å². The van der Waals surface area contributed by atoms with Crippen molar-refractivity contribution in [3.63, 3.8) is 0 Å². The van der Waals surface area contributed by atoms with E-state index in [0.29, 0.717) is 11.9 Å². The third-order valence-electron chi connectivity index (χ3n) is 3.40. The lowest BCUT2D eigenvalue weighted by Crippen LogP contribution is -2.17. The van der Waals surface area contributed by atoms with E-state index in [4.69, 9.17) is 11.6 Å². The summed E-state index contributed by atoms with van der Waals surface area (Å²) in [6, 6.07) is 6.80. The topological polar surface area (TPSA) is 17.8 Å². The number of benzene rings is 1. The molecule has 2 aromatic rings. The van der Waals surface area contributed by atoms with Crippen LogP contribution >= 0.6 is 39.3 Å². The highest BCUT2D eigenvalue weighted by Crippen LogP contribution is 2.32. The molecule has 5 heteroatoms. The van der Waals surface area contributed by atoms with Gasteiger partial charge in [-0.2, -0.15) is 11.8 Å². The zero-order chi connectivity index (χ0) is 12.5. The van der Waals surface area contributed by atoms with E-state index in [-0.39, 0.29) is 0 Å². The van der Waals surface area contributed by atoms with Gasteiger partial charge in [0.05, 0.1) is 16.9 Å². The third kappa shape index (κ3) is 2.30. The Bertz CT molecular complexity index is 563. The fourth-order valence-corrected chi connectivity index (χ4v) is 4.18. The molecular formula is C13H14BrClN2S. The van der Waals surface area contributed by atoms with Crippen molar-refractivity contribution in [2.75, 3.05) is 11.5 Å². The van der Waals surface area contributed by atoms with Crippen LogP contribution in [0, 0.1) is 0 Å². The van der Waals surface area contributed by atoms with Crippen LogP contribution in [0.3, 0.4) is 0 Å². The van der Waals surface area contributed by atoms with Gasteiger partial charge in [-0.15, -0.1) is 11.6 Å². The molecule has 1 fully saturated rings. The Morgan fingerprint density at radius 1 is 1.39 bits per heavy atom. The molecule has 1 aliphatic rings. The monoisotopic (exact) mass is 344 g/mol. The van der Waals surface area contributed by atoms with E-state index in [1.54, 1.807) is 0 Å². The minimum Gasteiger partial charge on any atom is -0.324 e. The Morgan fingerprint density at radius 2 is 2.17 bits per heavy atom. The van der Waals surface area contributed by atoms with Crippen molar-refractivity contribution in [1.82, 2.24) is 9.55 Å². The van der Waals surface area contributed by atoms with Gasteiger partial charge >= 0.3 is 0 Å². The predicted octanol–water partition coefficient (Wildman–Crippen LogP) is 4.61. The van der Waals surface area contributed by atoms with Crippen LogP contribution in [0.1, 0.15) is 24.7 Å². The van der Waals surface area contributed by atoms with Crippen molar-refractivity contribution in [2.45, 2.75) is 24.8 Å². The summed E-state index contributed by atoms with van der Waals surface area (Å²) in [6.45, 7) is 0. The van der Waals surface area contributed by atoms with Crippen molar-refractivity contribution in [2.24, 2.45) is 0 Å². The number of thioether (sulfide) groups is 1. The summed E-state index contributed by atoms with van der Waals surface area (Å²) >= 11 is 11.6. The summed E-state index contributed by atoms with van der Waals surface area (Å²) in [5.74, 6) is 3.96. The molecule has 2 nitrogen and oxygen atoms in total. The number of hydrogen-bond donors (Lipinski definition) is 0. The van der Waals surface area contributed by atoms with Gasteiger partial charge in [0.1, 0.15) is 5.82 Å². The van der Waals surface area contributed by atoms with E-state index in [1.165, 1.54) is 29.9 Å². The van der Waals surface area contributed by atoms with Gasteiger partial charge in [-0.3, -0.25) is 0 Å². The first kappa shape index (κ1) is 12.8. The van der Waals surface area contributed by atoms with Crippen LogP contribution in [-0.4, -0.2) is 21.1 Å². The normalized spacial score (nSPS) is 17.4. The molecule has 0 radical (unpaired) electrons. The lowest BCUT2D eigenvalue weighted by atomic mass is 10.1. The first-order valence-corrected chi connectivity index (χ1v) is 8.58. The number of nitrogens with zero attached hydrogens (tertiary/aromatic N) is 2. The van der Waals surface area contributed by atoms with Gasteiger partial charge in [-0.1, -0.05) is 15.9 Å². The van der Waals surface area contributed by atoms with Crippen molar-refractivity contribution in [3.8, 4) is 0 Å². The van der Waals surface area contributed by atoms with Crippen LogP contribution in [0.2, 0.25) is 0 Å². The Kier molecular flexibility index (Phi) is 3.87. The summed E-state index contributed by atoms with van der Waals surface area (Å²) in [7, 11) is 0. The number of halogens is 2.